The standard InChI is InChI=1S/C48H33N3O/c1-48(2)39-24-23-35(29-38(39)43-40(48)25-26-42-44(43)37-21-9-10-22-41(37)52-42)33-18-11-17-32(27-33)34-19-12-20-36(28-34)47-50-45(30-13-5-3-6-14-30)49-46(51-47)31-15-7-4-8-16-31/h3-29H,1-2H3. The highest BCUT2D eigenvalue weighted by Gasteiger charge is 2.37. The highest BCUT2D eigenvalue weighted by Crippen LogP contribution is 2.53. The van der Waals surface area contributed by atoms with E-state index in [2.05, 4.69) is 111 Å². The summed E-state index contributed by atoms with van der Waals surface area (Å²) in [7, 11) is 0. The van der Waals surface area contributed by atoms with Crippen molar-refractivity contribution in [2.75, 3.05) is 0 Å². The second-order valence-electron chi connectivity index (χ2n) is 14.0. The van der Waals surface area contributed by atoms with Crippen molar-refractivity contribution in [3.63, 3.8) is 0 Å². The predicted octanol–water partition coefficient (Wildman–Crippen LogP) is 12.4. The molecule has 246 valence electrons. The van der Waals surface area contributed by atoms with Gasteiger partial charge in [-0.2, -0.15) is 0 Å². The lowest BCUT2D eigenvalue weighted by atomic mass is 9.82. The van der Waals surface area contributed by atoms with Crippen molar-refractivity contribution in [3.05, 3.63) is 175 Å². The average molecular weight is 668 g/mol. The van der Waals surface area contributed by atoms with E-state index in [9.17, 15) is 0 Å². The Bertz CT molecular complexity index is 2760. The first-order valence-corrected chi connectivity index (χ1v) is 17.7. The van der Waals surface area contributed by atoms with Crippen LogP contribution in [0.4, 0.5) is 0 Å². The average Bonchev–Trinajstić information content (AvgIpc) is 3.70. The van der Waals surface area contributed by atoms with Crippen molar-refractivity contribution in [1.82, 2.24) is 15.0 Å². The van der Waals surface area contributed by atoms with Gasteiger partial charge in [0.05, 0.1) is 0 Å². The second kappa shape index (κ2) is 11.7. The van der Waals surface area contributed by atoms with Gasteiger partial charge in [0.1, 0.15) is 11.2 Å². The highest BCUT2D eigenvalue weighted by molar-refractivity contribution is 6.15. The number of hydrogen-bond donors (Lipinski definition) is 0. The van der Waals surface area contributed by atoms with Crippen LogP contribution in [0.1, 0.15) is 25.0 Å². The smallest absolute Gasteiger partial charge is 0.164 e. The van der Waals surface area contributed by atoms with Crippen molar-refractivity contribution in [3.8, 4) is 67.5 Å². The van der Waals surface area contributed by atoms with Gasteiger partial charge < -0.3 is 4.42 Å². The lowest BCUT2D eigenvalue weighted by Crippen LogP contribution is -2.14. The molecule has 4 nitrogen and oxygen atoms in total. The number of nitrogens with zero attached hydrogens (tertiary/aromatic N) is 3. The Hall–Kier alpha value is -6.65. The summed E-state index contributed by atoms with van der Waals surface area (Å²) in [6.07, 6.45) is 0. The number of hydrogen-bond acceptors (Lipinski definition) is 4. The summed E-state index contributed by atoms with van der Waals surface area (Å²) in [4.78, 5) is 14.8. The van der Waals surface area contributed by atoms with Gasteiger partial charge in [0.25, 0.3) is 0 Å². The number of benzene rings is 7. The van der Waals surface area contributed by atoms with Crippen LogP contribution in [-0.4, -0.2) is 15.0 Å². The SMILES string of the molecule is CC1(C)c2ccc(-c3cccc(-c4cccc(-c5nc(-c6ccccc6)nc(-c6ccccc6)n5)c4)c3)cc2-c2c1ccc1oc3ccccc3c21. The Morgan fingerprint density at radius 1 is 0.404 bits per heavy atom. The fourth-order valence-corrected chi connectivity index (χ4v) is 7.89. The van der Waals surface area contributed by atoms with E-state index in [4.69, 9.17) is 19.4 Å². The van der Waals surface area contributed by atoms with Gasteiger partial charge in [-0.15, -0.1) is 0 Å². The number of rotatable bonds is 5. The molecule has 0 bridgehead atoms. The van der Waals surface area contributed by atoms with Gasteiger partial charge in [0.2, 0.25) is 0 Å². The van der Waals surface area contributed by atoms with E-state index in [-0.39, 0.29) is 5.41 Å². The van der Waals surface area contributed by atoms with E-state index in [0.29, 0.717) is 17.5 Å². The van der Waals surface area contributed by atoms with Crippen LogP contribution in [0.25, 0.3) is 89.5 Å². The van der Waals surface area contributed by atoms with Crippen molar-refractivity contribution < 1.29 is 4.42 Å². The Kier molecular flexibility index (Phi) is 6.80. The van der Waals surface area contributed by atoms with E-state index in [1.54, 1.807) is 0 Å². The Morgan fingerprint density at radius 3 is 1.56 bits per heavy atom. The summed E-state index contributed by atoms with van der Waals surface area (Å²) in [5.41, 5.74) is 14.4. The van der Waals surface area contributed by atoms with E-state index < -0.39 is 0 Å². The Labute approximate surface area is 302 Å². The molecule has 10 rings (SSSR count). The zero-order valence-electron chi connectivity index (χ0n) is 28.8. The minimum absolute atomic E-state index is 0.117. The third-order valence-electron chi connectivity index (χ3n) is 10.5. The molecule has 0 radical (unpaired) electrons. The van der Waals surface area contributed by atoms with Gasteiger partial charge >= 0.3 is 0 Å². The lowest BCUT2D eigenvalue weighted by Gasteiger charge is -2.21. The van der Waals surface area contributed by atoms with Crippen LogP contribution >= 0.6 is 0 Å². The molecule has 1 aliphatic carbocycles. The van der Waals surface area contributed by atoms with Crippen LogP contribution in [0, 0.1) is 0 Å². The van der Waals surface area contributed by atoms with E-state index in [1.165, 1.54) is 38.8 Å². The zero-order chi connectivity index (χ0) is 34.8. The molecule has 0 spiro atoms. The molecule has 1 aliphatic rings. The molecule has 2 aromatic heterocycles. The fraction of sp³-hybridized carbons (Fsp3) is 0.0625. The topological polar surface area (TPSA) is 51.8 Å². The number of furan rings is 1. The molecule has 0 saturated carbocycles. The molecule has 0 atom stereocenters. The van der Waals surface area contributed by atoms with Gasteiger partial charge in [0.15, 0.2) is 17.5 Å². The number of aromatic nitrogens is 3. The monoisotopic (exact) mass is 667 g/mol. The zero-order valence-corrected chi connectivity index (χ0v) is 28.8. The Balaban J connectivity index is 1.06. The molecular weight excluding hydrogens is 635 g/mol. The van der Waals surface area contributed by atoms with Crippen LogP contribution in [-0.2, 0) is 5.41 Å². The minimum atomic E-state index is -0.117. The quantitative estimate of drug-likeness (QED) is 0.183. The maximum atomic E-state index is 6.33. The van der Waals surface area contributed by atoms with Gasteiger partial charge in [-0.25, -0.2) is 15.0 Å². The molecular formula is C48H33N3O. The third kappa shape index (κ3) is 4.87. The van der Waals surface area contributed by atoms with Gasteiger partial charge in [-0.1, -0.05) is 147 Å². The molecule has 9 aromatic rings. The van der Waals surface area contributed by atoms with Crippen molar-refractivity contribution in [2.24, 2.45) is 0 Å². The molecule has 2 heterocycles. The minimum Gasteiger partial charge on any atom is -0.456 e. The molecule has 0 unspecified atom stereocenters. The molecule has 52 heavy (non-hydrogen) atoms. The predicted molar refractivity (Wildman–Crippen MR) is 212 cm³/mol. The first-order chi connectivity index (χ1) is 25.5. The van der Waals surface area contributed by atoms with Crippen LogP contribution in [0.15, 0.2) is 168 Å². The van der Waals surface area contributed by atoms with E-state index in [0.717, 1.165) is 44.4 Å². The molecule has 4 heteroatoms. The molecule has 0 aliphatic heterocycles. The highest BCUT2D eigenvalue weighted by atomic mass is 16.3. The summed E-state index contributed by atoms with van der Waals surface area (Å²) >= 11 is 0. The van der Waals surface area contributed by atoms with Crippen molar-refractivity contribution in [1.29, 1.82) is 0 Å². The fourth-order valence-electron chi connectivity index (χ4n) is 7.89. The molecule has 0 amide bonds. The van der Waals surface area contributed by atoms with Gasteiger partial charge in [-0.05, 0) is 74.8 Å². The van der Waals surface area contributed by atoms with Crippen LogP contribution in [0.3, 0.4) is 0 Å². The normalized spacial score (nSPS) is 13.0. The summed E-state index contributed by atoms with van der Waals surface area (Å²) in [6.45, 7) is 4.66. The van der Waals surface area contributed by atoms with Crippen LogP contribution in [0.2, 0.25) is 0 Å². The summed E-state index contributed by atoms with van der Waals surface area (Å²) < 4.78 is 6.33. The first-order valence-electron chi connectivity index (χ1n) is 17.7. The van der Waals surface area contributed by atoms with Crippen molar-refractivity contribution in [2.45, 2.75) is 19.3 Å². The third-order valence-corrected chi connectivity index (χ3v) is 10.5. The molecule has 0 saturated heterocycles. The first kappa shape index (κ1) is 30.2. The molecule has 0 fully saturated rings. The van der Waals surface area contributed by atoms with Crippen LogP contribution < -0.4 is 0 Å². The second-order valence-corrected chi connectivity index (χ2v) is 14.0. The summed E-state index contributed by atoms with van der Waals surface area (Å²) in [5, 5.41) is 2.36. The Morgan fingerprint density at radius 2 is 0.904 bits per heavy atom. The van der Waals surface area contributed by atoms with Gasteiger partial charge in [0, 0.05) is 32.9 Å². The number of para-hydroxylation sites is 1. The lowest BCUT2D eigenvalue weighted by molar-refractivity contribution is 0.656. The summed E-state index contributed by atoms with van der Waals surface area (Å²) in [5.74, 6) is 1.95. The van der Waals surface area contributed by atoms with E-state index in [1.807, 2.05) is 66.7 Å². The maximum absolute atomic E-state index is 6.33. The molecule has 0 N–H and O–H groups in total. The molecule has 7 aromatic carbocycles. The van der Waals surface area contributed by atoms with Crippen molar-refractivity contribution >= 4 is 21.9 Å². The largest absolute Gasteiger partial charge is 0.456 e. The maximum Gasteiger partial charge on any atom is 0.164 e. The van der Waals surface area contributed by atoms with Gasteiger partial charge in [-0.3, -0.25) is 0 Å². The number of fused-ring (bicyclic) bond motifs is 7. The van der Waals surface area contributed by atoms with Crippen LogP contribution in [0.5, 0.6) is 0 Å². The van der Waals surface area contributed by atoms with E-state index >= 15 is 0 Å². The summed E-state index contributed by atoms with van der Waals surface area (Å²) in [6, 6.07) is 57.2.